The molecule has 2 fully saturated rings. The summed E-state index contributed by atoms with van der Waals surface area (Å²) in [6.45, 7) is 3.12. The summed E-state index contributed by atoms with van der Waals surface area (Å²) in [5.74, 6) is -0.486. The number of rotatable bonds is 24. The molecule has 2 heterocycles. The number of aliphatic imine (C=N–C) groups is 2. The van der Waals surface area contributed by atoms with Gasteiger partial charge in [-0.1, -0.05) is 37.1 Å². The zero-order valence-electron chi connectivity index (χ0n) is 31.5. The van der Waals surface area contributed by atoms with Gasteiger partial charge in [0.05, 0.1) is 49.4 Å². The number of aldehydes is 1. The summed E-state index contributed by atoms with van der Waals surface area (Å²) >= 11 is -1.36. The molecular formula is C38H54N8O8S. The molecule has 1 saturated carbocycles. The fourth-order valence-corrected chi connectivity index (χ4v) is 7.75. The molecule has 0 bridgehead atoms. The van der Waals surface area contributed by atoms with Crippen LogP contribution in [0.3, 0.4) is 0 Å². The van der Waals surface area contributed by atoms with E-state index in [9.17, 15) is 28.2 Å². The van der Waals surface area contributed by atoms with Crippen LogP contribution in [-0.4, -0.2) is 122 Å². The normalized spacial score (nSPS) is 18.7. The van der Waals surface area contributed by atoms with Gasteiger partial charge < -0.3 is 30.6 Å². The van der Waals surface area contributed by atoms with Crippen molar-refractivity contribution in [1.82, 2.24) is 24.6 Å². The molecule has 0 spiro atoms. The Balaban J connectivity index is 1.10. The summed E-state index contributed by atoms with van der Waals surface area (Å²) < 4.78 is 29.0. The van der Waals surface area contributed by atoms with Crippen LogP contribution in [0.15, 0.2) is 51.7 Å². The second kappa shape index (κ2) is 23.5. The number of nitrogens with zero attached hydrogens (tertiary/aromatic N) is 4. The molecule has 2 aliphatic heterocycles. The number of fused-ring (bicyclic) bond motifs is 1. The van der Waals surface area contributed by atoms with Gasteiger partial charge in [-0.25, -0.2) is 18.2 Å². The number of hydrogen-bond donors (Lipinski definition) is 4. The first-order valence-corrected chi connectivity index (χ1v) is 20.0. The van der Waals surface area contributed by atoms with Gasteiger partial charge in [-0.05, 0) is 62.5 Å². The minimum absolute atomic E-state index is 0.0182. The highest BCUT2D eigenvalue weighted by molar-refractivity contribution is 7.80. The summed E-state index contributed by atoms with van der Waals surface area (Å²) in [6, 6.07) is 4.11. The van der Waals surface area contributed by atoms with E-state index in [1.54, 1.807) is 24.4 Å². The second-order valence-electron chi connectivity index (χ2n) is 13.4. The van der Waals surface area contributed by atoms with Gasteiger partial charge in [0.25, 0.3) is 11.8 Å². The van der Waals surface area contributed by atoms with E-state index in [0.717, 1.165) is 36.9 Å². The van der Waals surface area contributed by atoms with Gasteiger partial charge >= 0.3 is 0 Å². The van der Waals surface area contributed by atoms with Gasteiger partial charge in [0, 0.05) is 51.5 Å². The first-order chi connectivity index (χ1) is 26.8. The lowest BCUT2D eigenvalue weighted by Crippen LogP contribution is -2.42. The third-order valence-electron chi connectivity index (χ3n) is 9.75. The molecule has 3 aliphatic rings. The summed E-state index contributed by atoms with van der Waals surface area (Å²) in [7, 11) is 1.48. The van der Waals surface area contributed by atoms with Crippen molar-refractivity contribution in [3.8, 4) is 0 Å². The highest BCUT2D eigenvalue weighted by atomic mass is 32.2. The predicted octanol–water partition coefficient (Wildman–Crippen LogP) is 1.74. The Morgan fingerprint density at radius 1 is 1.05 bits per heavy atom. The van der Waals surface area contributed by atoms with Gasteiger partial charge in [0.15, 0.2) is 11.2 Å². The van der Waals surface area contributed by atoms with Crippen LogP contribution in [0, 0.1) is 5.92 Å². The molecule has 4 amide bonds. The van der Waals surface area contributed by atoms with Crippen LogP contribution in [-0.2, 0) is 41.4 Å². The number of amides is 4. The number of benzene rings is 1. The largest absolute Gasteiger partial charge is 0.390 e. The SMILES string of the molecule is CNC(=O)CCC(C=O)N1C(=O)c2cccc(CCCOCCOCCNS(=O)N3CCC(N=CC(/C=C\C4CCCC4)=C(\N=C\N)NC=O)CC3)c2C1=O. The molecule has 300 valence electrons. The van der Waals surface area contributed by atoms with Gasteiger partial charge in [0.1, 0.15) is 12.1 Å². The molecular weight excluding hydrogens is 729 g/mol. The van der Waals surface area contributed by atoms with Gasteiger partial charge in [-0.2, -0.15) is 0 Å². The Morgan fingerprint density at radius 3 is 2.49 bits per heavy atom. The van der Waals surface area contributed by atoms with Gasteiger partial charge in [0.2, 0.25) is 12.3 Å². The summed E-state index contributed by atoms with van der Waals surface area (Å²) in [4.78, 5) is 70.7. The fourth-order valence-electron chi connectivity index (χ4n) is 6.76. The molecule has 5 N–H and O–H groups in total. The molecule has 0 aromatic heterocycles. The van der Waals surface area contributed by atoms with Crippen molar-refractivity contribution in [1.29, 1.82) is 0 Å². The Labute approximate surface area is 325 Å². The standard InChI is InChI=1S/C38H54N8O8S/c1-40-34(49)14-13-32(25-47)46-37(50)33-10-4-8-29(35(33)38(46)51)9-5-20-53-22-23-54-21-17-44-55(52)45-18-15-31(16-19-45)41-24-30(36(42-26-39)43-27-48)12-11-28-6-2-3-7-28/h4,8,10-12,24-28,31-32,44H,2-3,5-7,9,13-23H2,1H3,(H2,39,42)(H,40,49)(H,43,48)/b12-11-,36-30+,41-24?. The lowest BCUT2D eigenvalue weighted by Gasteiger charge is -2.28. The highest BCUT2D eigenvalue weighted by Gasteiger charge is 2.41. The Hall–Kier alpha value is -4.42. The van der Waals surface area contributed by atoms with Crippen molar-refractivity contribution >= 4 is 54.1 Å². The molecule has 2 unspecified atom stereocenters. The fraction of sp³-hybridized carbons (Fsp3) is 0.553. The van der Waals surface area contributed by atoms with Crippen LogP contribution in [0.1, 0.15) is 84.1 Å². The average Bonchev–Trinajstić information content (AvgIpc) is 3.82. The van der Waals surface area contributed by atoms with E-state index in [2.05, 4.69) is 26.4 Å². The first-order valence-electron chi connectivity index (χ1n) is 18.9. The predicted molar refractivity (Wildman–Crippen MR) is 209 cm³/mol. The number of carbonyl (C=O) groups is 5. The maximum atomic E-state index is 13.2. The first kappa shape index (κ1) is 43.3. The van der Waals surface area contributed by atoms with Crippen molar-refractivity contribution in [2.45, 2.75) is 76.3 Å². The lowest BCUT2D eigenvalue weighted by molar-refractivity contribution is -0.121. The van der Waals surface area contributed by atoms with Crippen LogP contribution in [0.5, 0.6) is 0 Å². The molecule has 1 saturated heterocycles. The third-order valence-corrected chi connectivity index (χ3v) is 11.0. The topological polar surface area (TPSA) is 214 Å². The molecule has 16 nitrogen and oxygen atoms in total. The summed E-state index contributed by atoms with van der Waals surface area (Å²) in [5.41, 5.74) is 7.45. The van der Waals surface area contributed by atoms with E-state index >= 15 is 0 Å². The minimum Gasteiger partial charge on any atom is -0.390 e. The number of ether oxygens (including phenoxy) is 2. The Bertz CT molecular complexity index is 1620. The Morgan fingerprint density at radius 2 is 1.80 bits per heavy atom. The van der Waals surface area contributed by atoms with E-state index in [1.807, 2.05) is 10.4 Å². The maximum Gasteiger partial charge on any atom is 0.262 e. The quantitative estimate of drug-likeness (QED) is 0.0300. The number of piperidine rings is 1. The number of nitrogens with two attached hydrogens (primary N) is 1. The zero-order valence-corrected chi connectivity index (χ0v) is 32.3. The number of allylic oxidation sites excluding steroid dienone is 3. The zero-order chi connectivity index (χ0) is 39.4. The van der Waals surface area contributed by atoms with Crippen molar-refractivity contribution in [2.24, 2.45) is 21.6 Å². The van der Waals surface area contributed by atoms with Crippen molar-refractivity contribution < 1.29 is 37.7 Å². The van der Waals surface area contributed by atoms with Crippen LogP contribution < -0.4 is 21.1 Å². The average molecular weight is 783 g/mol. The molecule has 1 aliphatic carbocycles. The van der Waals surface area contributed by atoms with Crippen LogP contribution in [0.4, 0.5) is 0 Å². The maximum absolute atomic E-state index is 13.2. The van der Waals surface area contributed by atoms with E-state index in [0.29, 0.717) is 100 Å². The van der Waals surface area contributed by atoms with Crippen molar-refractivity contribution in [3.63, 3.8) is 0 Å². The van der Waals surface area contributed by atoms with Crippen molar-refractivity contribution in [3.05, 3.63) is 58.4 Å². The van der Waals surface area contributed by atoms with E-state index < -0.39 is 29.0 Å². The monoisotopic (exact) mass is 782 g/mol. The molecule has 2 atom stereocenters. The molecule has 1 aromatic rings. The molecule has 4 rings (SSSR count). The number of imide groups is 1. The van der Waals surface area contributed by atoms with Gasteiger partial charge in [-0.3, -0.25) is 29.1 Å². The van der Waals surface area contributed by atoms with E-state index in [-0.39, 0.29) is 30.4 Å². The molecule has 0 radical (unpaired) electrons. The van der Waals surface area contributed by atoms with Gasteiger partial charge in [-0.15, -0.1) is 0 Å². The van der Waals surface area contributed by atoms with Crippen LogP contribution >= 0.6 is 0 Å². The third kappa shape index (κ3) is 13.1. The van der Waals surface area contributed by atoms with E-state index in [4.69, 9.17) is 20.2 Å². The molecule has 17 heteroatoms. The van der Waals surface area contributed by atoms with E-state index in [1.165, 1.54) is 19.9 Å². The van der Waals surface area contributed by atoms with Crippen molar-refractivity contribution in [2.75, 3.05) is 53.1 Å². The Kier molecular flexibility index (Phi) is 18.5. The minimum atomic E-state index is -1.36. The number of carbonyl (C=O) groups excluding carboxylic acids is 5. The van der Waals surface area contributed by atoms with Crippen LogP contribution in [0.2, 0.25) is 0 Å². The second-order valence-corrected chi connectivity index (χ2v) is 14.7. The smallest absolute Gasteiger partial charge is 0.262 e. The summed E-state index contributed by atoms with van der Waals surface area (Å²) in [5, 5.41) is 5.08. The molecule has 55 heavy (non-hydrogen) atoms. The highest BCUT2D eigenvalue weighted by Crippen LogP contribution is 2.29. The van der Waals surface area contributed by atoms with Crippen LogP contribution in [0.25, 0.3) is 0 Å². The number of nitrogens with one attached hydrogen (secondary N) is 3. The number of aryl methyl sites for hydroxylation is 1. The molecule has 1 aromatic carbocycles. The lowest BCUT2D eigenvalue weighted by atomic mass is 9.99. The summed E-state index contributed by atoms with van der Waals surface area (Å²) in [6.07, 6.45) is 15.5. The number of hydrogen-bond acceptors (Lipinski definition) is 10.